The van der Waals surface area contributed by atoms with Gasteiger partial charge in [-0.3, -0.25) is 4.79 Å². The van der Waals surface area contributed by atoms with Crippen molar-refractivity contribution in [3.63, 3.8) is 0 Å². The van der Waals surface area contributed by atoms with Crippen molar-refractivity contribution in [1.82, 2.24) is 5.32 Å². The van der Waals surface area contributed by atoms with E-state index < -0.39 is 0 Å². The molecule has 0 saturated heterocycles. The second-order valence-corrected chi connectivity index (χ2v) is 6.65. The number of benzene rings is 2. The van der Waals surface area contributed by atoms with Gasteiger partial charge < -0.3 is 10.1 Å². The van der Waals surface area contributed by atoms with E-state index in [2.05, 4.69) is 5.32 Å². The van der Waals surface area contributed by atoms with E-state index in [1.807, 2.05) is 31.4 Å². The fourth-order valence-corrected chi connectivity index (χ4v) is 3.19. The molecule has 0 aliphatic rings. The molecule has 3 nitrogen and oxygen atoms in total. The highest BCUT2D eigenvalue weighted by Gasteiger charge is 2.17. The van der Waals surface area contributed by atoms with E-state index in [4.69, 9.17) is 27.9 Å². The fourth-order valence-electron chi connectivity index (χ4n) is 2.19. The van der Waals surface area contributed by atoms with Crippen LogP contribution in [0.2, 0.25) is 10.0 Å². The SMILES string of the molecule is COc1cc(SC)ccc1C(=O)NC(C)c1ccc(Cl)cc1Cl. The van der Waals surface area contributed by atoms with Crippen molar-refractivity contribution < 1.29 is 9.53 Å². The van der Waals surface area contributed by atoms with Crippen LogP contribution in [0, 0.1) is 0 Å². The van der Waals surface area contributed by atoms with E-state index in [0.29, 0.717) is 21.4 Å². The summed E-state index contributed by atoms with van der Waals surface area (Å²) in [5.74, 6) is 0.330. The lowest BCUT2D eigenvalue weighted by Gasteiger charge is -2.17. The third-order valence-corrected chi connectivity index (χ3v) is 4.72. The topological polar surface area (TPSA) is 38.3 Å². The zero-order chi connectivity index (χ0) is 17.0. The van der Waals surface area contributed by atoms with Gasteiger partial charge in [0.2, 0.25) is 0 Å². The van der Waals surface area contributed by atoms with Crippen LogP contribution in [0.3, 0.4) is 0 Å². The maximum atomic E-state index is 12.5. The molecular weight excluding hydrogens is 353 g/mol. The number of amides is 1. The minimum atomic E-state index is -0.253. The summed E-state index contributed by atoms with van der Waals surface area (Å²) in [5, 5.41) is 4.02. The smallest absolute Gasteiger partial charge is 0.255 e. The van der Waals surface area contributed by atoms with Crippen molar-refractivity contribution in [2.75, 3.05) is 13.4 Å². The first kappa shape index (κ1) is 18.0. The number of carbonyl (C=O) groups excluding carboxylic acids is 1. The molecule has 0 saturated carbocycles. The Morgan fingerprint density at radius 2 is 1.96 bits per heavy atom. The first-order valence-electron chi connectivity index (χ1n) is 6.94. The van der Waals surface area contributed by atoms with Gasteiger partial charge in [0.25, 0.3) is 5.91 Å². The molecule has 0 bridgehead atoms. The number of thioether (sulfide) groups is 1. The Kier molecular flexibility index (Phi) is 6.22. The van der Waals surface area contributed by atoms with Crippen LogP contribution in [0.4, 0.5) is 0 Å². The Morgan fingerprint density at radius 1 is 1.22 bits per heavy atom. The highest BCUT2D eigenvalue weighted by molar-refractivity contribution is 7.98. The van der Waals surface area contributed by atoms with Crippen molar-refractivity contribution >= 4 is 40.9 Å². The van der Waals surface area contributed by atoms with Crippen LogP contribution in [0.1, 0.15) is 28.9 Å². The summed E-state index contributed by atoms with van der Waals surface area (Å²) in [7, 11) is 1.55. The number of halogens is 2. The van der Waals surface area contributed by atoms with Crippen molar-refractivity contribution in [2.24, 2.45) is 0 Å². The number of hydrogen-bond donors (Lipinski definition) is 1. The minimum Gasteiger partial charge on any atom is -0.496 e. The van der Waals surface area contributed by atoms with Crippen molar-refractivity contribution in [3.05, 3.63) is 57.6 Å². The van der Waals surface area contributed by atoms with E-state index in [0.717, 1.165) is 10.5 Å². The maximum Gasteiger partial charge on any atom is 0.255 e. The molecule has 1 atom stereocenters. The number of carbonyl (C=O) groups is 1. The van der Waals surface area contributed by atoms with Gasteiger partial charge in [-0.1, -0.05) is 29.3 Å². The maximum absolute atomic E-state index is 12.5. The summed E-state index contributed by atoms with van der Waals surface area (Å²) < 4.78 is 5.32. The van der Waals surface area contributed by atoms with E-state index in [1.165, 1.54) is 0 Å². The minimum absolute atomic E-state index is 0.215. The average molecular weight is 370 g/mol. The molecule has 23 heavy (non-hydrogen) atoms. The molecule has 0 aliphatic heterocycles. The van der Waals surface area contributed by atoms with Crippen molar-refractivity contribution in [3.8, 4) is 5.75 Å². The molecule has 2 aromatic rings. The molecule has 0 fully saturated rings. The number of hydrogen-bond acceptors (Lipinski definition) is 3. The van der Waals surface area contributed by atoms with Gasteiger partial charge in [0, 0.05) is 14.9 Å². The molecule has 1 unspecified atom stereocenters. The molecule has 2 rings (SSSR count). The molecule has 1 N–H and O–H groups in total. The molecule has 0 aromatic heterocycles. The molecular formula is C17H17Cl2NO2S. The largest absolute Gasteiger partial charge is 0.496 e. The lowest BCUT2D eigenvalue weighted by atomic mass is 10.1. The lowest BCUT2D eigenvalue weighted by molar-refractivity contribution is 0.0937. The predicted molar refractivity (Wildman–Crippen MR) is 97.1 cm³/mol. The zero-order valence-corrected chi connectivity index (χ0v) is 15.4. The van der Waals surface area contributed by atoms with Crippen LogP contribution in [-0.4, -0.2) is 19.3 Å². The van der Waals surface area contributed by atoms with Crippen LogP contribution in [0.5, 0.6) is 5.75 Å². The van der Waals surface area contributed by atoms with E-state index in [1.54, 1.807) is 37.1 Å². The van der Waals surface area contributed by atoms with Crippen LogP contribution in [-0.2, 0) is 0 Å². The zero-order valence-electron chi connectivity index (χ0n) is 13.0. The molecule has 0 spiro atoms. The first-order chi connectivity index (χ1) is 11.0. The normalized spacial score (nSPS) is 11.9. The van der Waals surface area contributed by atoms with Crippen LogP contribution in [0.25, 0.3) is 0 Å². The molecule has 0 radical (unpaired) electrons. The van der Waals surface area contributed by atoms with Gasteiger partial charge >= 0.3 is 0 Å². The molecule has 0 heterocycles. The monoisotopic (exact) mass is 369 g/mol. The summed E-state index contributed by atoms with van der Waals surface area (Å²) >= 11 is 13.7. The third-order valence-electron chi connectivity index (χ3n) is 3.43. The first-order valence-corrected chi connectivity index (χ1v) is 8.92. The molecule has 0 aliphatic carbocycles. The summed E-state index contributed by atoms with van der Waals surface area (Å²) in [6.45, 7) is 1.87. The van der Waals surface area contributed by atoms with Crippen molar-refractivity contribution in [2.45, 2.75) is 17.9 Å². The highest BCUT2D eigenvalue weighted by atomic mass is 35.5. The number of nitrogens with one attached hydrogen (secondary N) is 1. The number of ether oxygens (including phenoxy) is 1. The van der Waals surface area contributed by atoms with Crippen molar-refractivity contribution in [1.29, 1.82) is 0 Å². The Morgan fingerprint density at radius 3 is 2.57 bits per heavy atom. The lowest BCUT2D eigenvalue weighted by Crippen LogP contribution is -2.27. The standard InChI is InChI=1S/C17H17Cl2NO2S/c1-10(13-6-4-11(18)8-15(13)19)20-17(21)14-7-5-12(23-3)9-16(14)22-2/h4-10H,1-3H3,(H,20,21). The second-order valence-electron chi connectivity index (χ2n) is 4.93. The van der Waals surface area contributed by atoms with Crippen LogP contribution >= 0.6 is 35.0 Å². The number of methoxy groups -OCH3 is 1. The van der Waals surface area contributed by atoms with E-state index in [-0.39, 0.29) is 11.9 Å². The van der Waals surface area contributed by atoms with Gasteiger partial charge in [0.05, 0.1) is 18.7 Å². The highest BCUT2D eigenvalue weighted by Crippen LogP contribution is 2.28. The molecule has 122 valence electrons. The summed E-state index contributed by atoms with van der Waals surface area (Å²) in [5.41, 5.74) is 1.30. The average Bonchev–Trinajstić information content (AvgIpc) is 2.53. The Bertz CT molecular complexity index is 722. The summed E-state index contributed by atoms with van der Waals surface area (Å²) in [4.78, 5) is 13.6. The van der Waals surface area contributed by atoms with E-state index in [9.17, 15) is 4.79 Å². The fraction of sp³-hybridized carbons (Fsp3) is 0.235. The summed E-state index contributed by atoms with van der Waals surface area (Å²) in [6, 6.07) is 10.5. The summed E-state index contributed by atoms with van der Waals surface area (Å²) in [6.07, 6.45) is 1.97. The predicted octanol–water partition coefficient (Wildman–Crippen LogP) is 5.21. The van der Waals surface area contributed by atoms with E-state index >= 15 is 0 Å². The molecule has 6 heteroatoms. The van der Waals surface area contributed by atoms with Crippen LogP contribution in [0.15, 0.2) is 41.3 Å². The van der Waals surface area contributed by atoms with Gasteiger partial charge in [-0.25, -0.2) is 0 Å². The second kappa shape index (κ2) is 7.95. The quantitative estimate of drug-likeness (QED) is 0.734. The van der Waals surface area contributed by atoms with Gasteiger partial charge in [-0.2, -0.15) is 0 Å². The Hall–Kier alpha value is -1.36. The van der Waals surface area contributed by atoms with Gasteiger partial charge in [0.1, 0.15) is 5.75 Å². The van der Waals surface area contributed by atoms with Gasteiger partial charge in [-0.05, 0) is 49.1 Å². The molecule has 2 aromatic carbocycles. The van der Waals surface area contributed by atoms with Gasteiger partial charge in [0.15, 0.2) is 0 Å². The van der Waals surface area contributed by atoms with Crippen LogP contribution < -0.4 is 10.1 Å². The Labute approximate surface area is 150 Å². The number of rotatable bonds is 5. The van der Waals surface area contributed by atoms with Gasteiger partial charge in [-0.15, -0.1) is 11.8 Å². The Balaban J connectivity index is 2.21. The molecule has 1 amide bonds. The third kappa shape index (κ3) is 4.34.